The van der Waals surface area contributed by atoms with E-state index in [0.717, 1.165) is 25.7 Å². The number of carboxylic acids is 1. The second-order valence-electron chi connectivity index (χ2n) is 6.26. The van der Waals surface area contributed by atoms with Gasteiger partial charge in [0.25, 0.3) is 0 Å². The highest BCUT2D eigenvalue weighted by atomic mass is 16.4. The lowest BCUT2D eigenvalue weighted by Crippen LogP contribution is -2.27. The largest absolute Gasteiger partial charge is 0.481 e. The van der Waals surface area contributed by atoms with E-state index in [-0.39, 0.29) is 24.7 Å². The maximum Gasteiger partial charge on any atom is 0.303 e. The SMILES string of the molecule is CC(=O)Nc1ccc(NC(=O)CC2(CC(=O)O)CCCC2)cc1. The van der Waals surface area contributed by atoms with Gasteiger partial charge in [0.05, 0.1) is 6.42 Å². The maximum absolute atomic E-state index is 12.2. The van der Waals surface area contributed by atoms with E-state index in [9.17, 15) is 14.4 Å². The summed E-state index contributed by atoms with van der Waals surface area (Å²) in [6, 6.07) is 6.84. The van der Waals surface area contributed by atoms with Crippen molar-refractivity contribution in [1.82, 2.24) is 0 Å². The molecule has 0 bridgehead atoms. The molecule has 0 saturated heterocycles. The number of carbonyl (C=O) groups is 3. The predicted molar refractivity (Wildman–Crippen MR) is 87.1 cm³/mol. The van der Waals surface area contributed by atoms with Crippen LogP contribution in [-0.2, 0) is 14.4 Å². The average Bonchev–Trinajstić information content (AvgIpc) is 2.87. The van der Waals surface area contributed by atoms with Crippen molar-refractivity contribution >= 4 is 29.2 Å². The highest BCUT2D eigenvalue weighted by Crippen LogP contribution is 2.44. The normalized spacial score (nSPS) is 15.9. The third kappa shape index (κ3) is 5.09. The molecule has 1 aliphatic carbocycles. The summed E-state index contributed by atoms with van der Waals surface area (Å²) < 4.78 is 0. The Balaban J connectivity index is 1.95. The Kier molecular flexibility index (Phi) is 5.36. The molecule has 23 heavy (non-hydrogen) atoms. The standard InChI is InChI=1S/C17H22N2O4/c1-12(20)18-13-4-6-14(7-5-13)19-15(21)10-17(11-16(22)23)8-2-3-9-17/h4-7H,2-3,8-11H2,1H3,(H,18,20)(H,19,21)(H,22,23). The third-order valence-corrected chi connectivity index (χ3v) is 4.22. The first kappa shape index (κ1) is 17.0. The van der Waals surface area contributed by atoms with Crippen LogP contribution < -0.4 is 10.6 Å². The summed E-state index contributed by atoms with van der Waals surface area (Å²) in [5.41, 5.74) is 0.882. The minimum absolute atomic E-state index is 0.0435. The second kappa shape index (κ2) is 7.26. The monoisotopic (exact) mass is 318 g/mol. The number of amides is 2. The molecule has 0 atom stereocenters. The van der Waals surface area contributed by atoms with E-state index in [0.29, 0.717) is 11.4 Å². The fourth-order valence-corrected chi connectivity index (χ4v) is 3.25. The van der Waals surface area contributed by atoms with E-state index in [1.807, 2.05) is 0 Å². The molecule has 2 amide bonds. The third-order valence-electron chi connectivity index (χ3n) is 4.22. The fourth-order valence-electron chi connectivity index (χ4n) is 3.25. The minimum atomic E-state index is -0.848. The fraction of sp³-hybridized carbons (Fsp3) is 0.471. The first-order valence-corrected chi connectivity index (χ1v) is 7.78. The molecule has 0 radical (unpaired) electrons. The van der Waals surface area contributed by atoms with Crippen molar-refractivity contribution in [3.05, 3.63) is 24.3 Å². The van der Waals surface area contributed by atoms with Crippen molar-refractivity contribution in [3.63, 3.8) is 0 Å². The molecule has 1 aromatic carbocycles. The van der Waals surface area contributed by atoms with Crippen LogP contribution in [0.15, 0.2) is 24.3 Å². The van der Waals surface area contributed by atoms with Gasteiger partial charge in [-0.15, -0.1) is 0 Å². The van der Waals surface area contributed by atoms with Gasteiger partial charge in [0, 0.05) is 24.7 Å². The summed E-state index contributed by atoms with van der Waals surface area (Å²) in [4.78, 5) is 34.3. The molecule has 0 aromatic heterocycles. The first-order valence-electron chi connectivity index (χ1n) is 7.78. The number of aliphatic carboxylic acids is 1. The molecule has 1 aliphatic rings. The van der Waals surface area contributed by atoms with Crippen molar-refractivity contribution in [2.24, 2.45) is 5.41 Å². The van der Waals surface area contributed by atoms with Crippen molar-refractivity contribution in [2.45, 2.75) is 45.4 Å². The molecule has 1 fully saturated rings. The molecular weight excluding hydrogens is 296 g/mol. The van der Waals surface area contributed by atoms with Crippen LogP contribution in [-0.4, -0.2) is 22.9 Å². The summed E-state index contributed by atoms with van der Waals surface area (Å²) in [6.45, 7) is 1.43. The molecule has 2 rings (SSSR count). The summed E-state index contributed by atoms with van der Waals surface area (Å²) in [5, 5.41) is 14.5. The minimum Gasteiger partial charge on any atom is -0.481 e. The van der Waals surface area contributed by atoms with E-state index >= 15 is 0 Å². The average molecular weight is 318 g/mol. The Hall–Kier alpha value is -2.37. The molecule has 124 valence electrons. The van der Waals surface area contributed by atoms with E-state index in [1.165, 1.54) is 6.92 Å². The molecular formula is C17H22N2O4. The van der Waals surface area contributed by atoms with E-state index in [1.54, 1.807) is 24.3 Å². The van der Waals surface area contributed by atoms with Gasteiger partial charge in [0.1, 0.15) is 0 Å². The van der Waals surface area contributed by atoms with Crippen LogP contribution in [0.2, 0.25) is 0 Å². The maximum atomic E-state index is 12.2. The second-order valence-corrected chi connectivity index (χ2v) is 6.26. The number of benzene rings is 1. The topological polar surface area (TPSA) is 95.5 Å². The van der Waals surface area contributed by atoms with Crippen molar-refractivity contribution in [2.75, 3.05) is 10.6 Å². The summed E-state index contributed by atoms with van der Waals surface area (Å²) >= 11 is 0. The summed E-state index contributed by atoms with van der Waals surface area (Å²) in [7, 11) is 0. The number of carbonyl (C=O) groups excluding carboxylic acids is 2. The van der Waals surface area contributed by atoms with Crippen LogP contribution in [0.3, 0.4) is 0 Å². The Morgan fingerprint density at radius 2 is 1.52 bits per heavy atom. The number of nitrogens with one attached hydrogen (secondary N) is 2. The number of hydrogen-bond donors (Lipinski definition) is 3. The van der Waals surface area contributed by atoms with E-state index in [4.69, 9.17) is 5.11 Å². The molecule has 6 heteroatoms. The Morgan fingerprint density at radius 3 is 2.00 bits per heavy atom. The van der Waals surface area contributed by atoms with Crippen LogP contribution in [0.1, 0.15) is 45.4 Å². The Labute approximate surface area is 135 Å². The van der Waals surface area contributed by atoms with Gasteiger partial charge in [-0.1, -0.05) is 12.8 Å². The Bertz CT molecular complexity index is 589. The van der Waals surface area contributed by atoms with Gasteiger partial charge in [-0.3, -0.25) is 14.4 Å². The van der Waals surface area contributed by atoms with Crippen LogP contribution in [0.4, 0.5) is 11.4 Å². The number of carboxylic acid groups (broad SMARTS) is 1. The molecule has 1 aromatic rings. The number of rotatable bonds is 6. The lowest BCUT2D eigenvalue weighted by atomic mass is 9.79. The van der Waals surface area contributed by atoms with Crippen LogP contribution in [0.5, 0.6) is 0 Å². The lowest BCUT2D eigenvalue weighted by molar-refractivity contribution is -0.140. The zero-order valence-corrected chi connectivity index (χ0v) is 13.2. The van der Waals surface area contributed by atoms with Crippen molar-refractivity contribution in [1.29, 1.82) is 0 Å². The molecule has 0 heterocycles. The zero-order valence-electron chi connectivity index (χ0n) is 13.2. The van der Waals surface area contributed by atoms with Gasteiger partial charge in [0.15, 0.2) is 0 Å². The quantitative estimate of drug-likeness (QED) is 0.751. The van der Waals surface area contributed by atoms with Crippen LogP contribution in [0.25, 0.3) is 0 Å². The van der Waals surface area contributed by atoms with Crippen molar-refractivity contribution in [3.8, 4) is 0 Å². The summed E-state index contributed by atoms with van der Waals surface area (Å²) in [6.07, 6.45) is 3.80. The molecule has 0 spiro atoms. The lowest BCUT2D eigenvalue weighted by Gasteiger charge is -2.26. The smallest absolute Gasteiger partial charge is 0.303 e. The molecule has 1 saturated carbocycles. The Morgan fingerprint density at radius 1 is 1.00 bits per heavy atom. The highest BCUT2D eigenvalue weighted by Gasteiger charge is 2.37. The molecule has 3 N–H and O–H groups in total. The number of hydrogen-bond acceptors (Lipinski definition) is 3. The van der Waals surface area contributed by atoms with Gasteiger partial charge in [-0.25, -0.2) is 0 Å². The molecule has 0 aliphatic heterocycles. The predicted octanol–water partition coefficient (Wildman–Crippen LogP) is 3.01. The van der Waals surface area contributed by atoms with Gasteiger partial charge >= 0.3 is 5.97 Å². The van der Waals surface area contributed by atoms with Crippen LogP contribution >= 0.6 is 0 Å². The highest BCUT2D eigenvalue weighted by molar-refractivity contribution is 5.92. The van der Waals surface area contributed by atoms with Crippen molar-refractivity contribution < 1.29 is 19.5 Å². The van der Waals surface area contributed by atoms with E-state index < -0.39 is 11.4 Å². The van der Waals surface area contributed by atoms with Gasteiger partial charge in [-0.2, -0.15) is 0 Å². The first-order chi connectivity index (χ1) is 10.9. The van der Waals surface area contributed by atoms with E-state index in [2.05, 4.69) is 10.6 Å². The van der Waals surface area contributed by atoms with Gasteiger partial charge in [-0.05, 0) is 42.5 Å². The van der Waals surface area contributed by atoms with Gasteiger partial charge < -0.3 is 15.7 Å². The van der Waals surface area contributed by atoms with Gasteiger partial charge in [0.2, 0.25) is 11.8 Å². The zero-order chi connectivity index (χ0) is 16.9. The van der Waals surface area contributed by atoms with Crippen LogP contribution in [0, 0.1) is 5.41 Å². The molecule has 0 unspecified atom stereocenters. The molecule has 6 nitrogen and oxygen atoms in total. The summed E-state index contributed by atoms with van der Waals surface area (Å²) in [5.74, 6) is -1.17. The number of anilines is 2.